The van der Waals surface area contributed by atoms with E-state index in [2.05, 4.69) is 37.9 Å². The number of hydrogen-bond donors (Lipinski definition) is 1. The van der Waals surface area contributed by atoms with E-state index in [9.17, 15) is 0 Å². The number of ether oxygens (including phenoxy) is 1. The lowest BCUT2D eigenvalue weighted by Crippen LogP contribution is -2.52. The molecule has 0 bridgehead atoms. The molecule has 116 valence electrons. The number of halogens is 1. The molecule has 0 saturated carbocycles. The van der Waals surface area contributed by atoms with E-state index in [1.807, 2.05) is 4.68 Å². The number of nitrogens with two attached hydrogens (primary N) is 1. The van der Waals surface area contributed by atoms with Crippen LogP contribution in [0.15, 0.2) is 6.20 Å². The van der Waals surface area contributed by atoms with Gasteiger partial charge in [0.05, 0.1) is 36.1 Å². The first-order valence-corrected chi connectivity index (χ1v) is 7.45. The van der Waals surface area contributed by atoms with Crippen LogP contribution in [0.25, 0.3) is 0 Å². The molecular weight excluding hydrogens is 276 g/mol. The second kappa shape index (κ2) is 7.41. The minimum atomic E-state index is -0.195. The molecule has 6 heteroatoms. The van der Waals surface area contributed by atoms with Crippen molar-refractivity contribution >= 4 is 11.6 Å². The van der Waals surface area contributed by atoms with E-state index in [-0.39, 0.29) is 11.6 Å². The fourth-order valence-corrected chi connectivity index (χ4v) is 3.15. The number of hydrogen-bond acceptors (Lipinski definition) is 4. The number of rotatable bonds is 8. The van der Waals surface area contributed by atoms with Gasteiger partial charge < -0.3 is 15.4 Å². The fraction of sp³-hybridized carbons (Fsp3) is 0.786. The van der Waals surface area contributed by atoms with Crippen molar-refractivity contribution in [2.45, 2.75) is 44.8 Å². The van der Waals surface area contributed by atoms with Gasteiger partial charge in [0.2, 0.25) is 0 Å². The first-order chi connectivity index (χ1) is 9.44. The standard InChI is InChI=1S/C14H27ClN4O/c1-6-14(7-2,18(3)4)13(16)12-11(15)10-17-19(12)8-9-20-5/h10,13H,6-9,16H2,1-5H3. The summed E-state index contributed by atoms with van der Waals surface area (Å²) < 4.78 is 6.98. The number of likely N-dealkylation sites (N-methyl/N-ethyl adjacent to an activating group) is 1. The summed E-state index contributed by atoms with van der Waals surface area (Å²) in [5.74, 6) is 0. The van der Waals surface area contributed by atoms with Gasteiger partial charge in [0, 0.05) is 12.6 Å². The average Bonchev–Trinajstić information content (AvgIpc) is 2.78. The van der Waals surface area contributed by atoms with E-state index >= 15 is 0 Å². The van der Waals surface area contributed by atoms with Crippen LogP contribution in [0.1, 0.15) is 38.4 Å². The van der Waals surface area contributed by atoms with Crippen molar-refractivity contribution < 1.29 is 4.74 Å². The molecule has 0 aliphatic rings. The predicted molar refractivity (Wildman–Crippen MR) is 83.0 cm³/mol. The van der Waals surface area contributed by atoms with Gasteiger partial charge in [0.15, 0.2) is 0 Å². The summed E-state index contributed by atoms with van der Waals surface area (Å²) in [7, 11) is 5.81. The minimum absolute atomic E-state index is 0.130. The predicted octanol–water partition coefficient (Wildman–Crippen LogP) is 2.30. The second-order valence-electron chi connectivity index (χ2n) is 5.28. The topological polar surface area (TPSA) is 56.3 Å². The molecule has 20 heavy (non-hydrogen) atoms. The molecule has 5 nitrogen and oxygen atoms in total. The number of aromatic nitrogens is 2. The monoisotopic (exact) mass is 302 g/mol. The maximum atomic E-state index is 6.59. The maximum Gasteiger partial charge on any atom is 0.0834 e. The zero-order valence-corrected chi connectivity index (χ0v) is 13.9. The smallest absolute Gasteiger partial charge is 0.0834 e. The highest BCUT2D eigenvalue weighted by molar-refractivity contribution is 6.31. The molecule has 0 aromatic carbocycles. The van der Waals surface area contributed by atoms with E-state index in [0.29, 0.717) is 18.2 Å². The summed E-state index contributed by atoms with van der Waals surface area (Å²) in [5.41, 5.74) is 7.35. The molecule has 0 aliphatic heterocycles. The summed E-state index contributed by atoms with van der Waals surface area (Å²) in [6, 6.07) is -0.195. The molecule has 0 amide bonds. The van der Waals surface area contributed by atoms with Crippen LogP contribution >= 0.6 is 11.6 Å². The Balaban J connectivity index is 3.17. The molecule has 0 radical (unpaired) electrons. The van der Waals surface area contributed by atoms with Crippen LogP contribution in [-0.2, 0) is 11.3 Å². The van der Waals surface area contributed by atoms with Crippen LogP contribution < -0.4 is 5.73 Å². The summed E-state index contributed by atoms with van der Waals surface area (Å²) in [5, 5.41) is 4.95. The molecule has 1 atom stereocenters. The molecule has 2 N–H and O–H groups in total. The largest absolute Gasteiger partial charge is 0.383 e. The number of methoxy groups -OCH3 is 1. The van der Waals surface area contributed by atoms with Crippen molar-refractivity contribution in [3.63, 3.8) is 0 Å². The van der Waals surface area contributed by atoms with Crippen LogP contribution in [0.4, 0.5) is 0 Å². The Bertz CT molecular complexity index is 415. The lowest BCUT2D eigenvalue weighted by Gasteiger charge is -2.43. The van der Waals surface area contributed by atoms with Crippen molar-refractivity contribution in [1.29, 1.82) is 0 Å². The van der Waals surface area contributed by atoms with Gasteiger partial charge in [-0.1, -0.05) is 25.4 Å². The molecule has 0 fully saturated rings. The van der Waals surface area contributed by atoms with Crippen LogP contribution in [-0.4, -0.2) is 48.0 Å². The van der Waals surface area contributed by atoms with Gasteiger partial charge in [0.1, 0.15) is 0 Å². The summed E-state index contributed by atoms with van der Waals surface area (Å²) >= 11 is 6.32. The van der Waals surface area contributed by atoms with E-state index in [1.165, 1.54) is 0 Å². The Kier molecular flexibility index (Phi) is 6.45. The van der Waals surface area contributed by atoms with Crippen molar-refractivity contribution in [3.05, 3.63) is 16.9 Å². The summed E-state index contributed by atoms with van der Waals surface area (Å²) in [6.07, 6.45) is 3.56. The number of nitrogens with zero attached hydrogens (tertiary/aromatic N) is 3. The summed E-state index contributed by atoms with van der Waals surface area (Å²) in [4.78, 5) is 2.20. The molecule has 0 saturated heterocycles. The third-order valence-electron chi connectivity index (χ3n) is 4.33. The van der Waals surface area contributed by atoms with Crippen LogP contribution in [0.5, 0.6) is 0 Å². The van der Waals surface area contributed by atoms with Gasteiger partial charge in [-0.25, -0.2) is 0 Å². The van der Waals surface area contributed by atoms with E-state index in [4.69, 9.17) is 22.1 Å². The zero-order valence-electron chi connectivity index (χ0n) is 13.2. The van der Waals surface area contributed by atoms with Crippen molar-refractivity contribution in [1.82, 2.24) is 14.7 Å². The van der Waals surface area contributed by atoms with Crippen molar-refractivity contribution in [3.8, 4) is 0 Å². The van der Waals surface area contributed by atoms with Gasteiger partial charge in [-0.15, -0.1) is 0 Å². The molecule has 1 rings (SSSR count). The first-order valence-electron chi connectivity index (χ1n) is 7.07. The molecular formula is C14H27ClN4O. The van der Waals surface area contributed by atoms with Gasteiger partial charge >= 0.3 is 0 Å². The Morgan fingerprint density at radius 1 is 1.45 bits per heavy atom. The Labute approximate surface area is 127 Å². The highest BCUT2D eigenvalue weighted by atomic mass is 35.5. The molecule has 1 unspecified atom stereocenters. The molecule has 1 aromatic rings. The van der Waals surface area contributed by atoms with Crippen LogP contribution in [0.2, 0.25) is 5.02 Å². The zero-order chi connectivity index (χ0) is 15.3. The quantitative estimate of drug-likeness (QED) is 0.800. The third kappa shape index (κ3) is 3.17. The van der Waals surface area contributed by atoms with Gasteiger partial charge in [0.25, 0.3) is 0 Å². The highest BCUT2D eigenvalue weighted by Crippen LogP contribution is 2.36. The molecule has 1 aromatic heterocycles. The molecule has 1 heterocycles. The molecule has 0 aliphatic carbocycles. The maximum absolute atomic E-state index is 6.59. The van der Waals surface area contributed by atoms with Gasteiger partial charge in [-0.3, -0.25) is 4.68 Å². The average molecular weight is 303 g/mol. The van der Waals surface area contributed by atoms with Gasteiger partial charge in [-0.05, 0) is 26.9 Å². The van der Waals surface area contributed by atoms with E-state index in [1.54, 1.807) is 13.3 Å². The minimum Gasteiger partial charge on any atom is -0.383 e. The van der Waals surface area contributed by atoms with Gasteiger partial charge in [-0.2, -0.15) is 5.10 Å². The Morgan fingerprint density at radius 2 is 2.05 bits per heavy atom. The lowest BCUT2D eigenvalue weighted by atomic mass is 9.82. The van der Waals surface area contributed by atoms with Crippen molar-refractivity contribution in [2.24, 2.45) is 5.73 Å². The Morgan fingerprint density at radius 3 is 2.50 bits per heavy atom. The molecule has 0 spiro atoms. The SMILES string of the molecule is CCC(CC)(C(N)c1c(Cl)cnn1CCOC)N(C)C. The van der Waals surface area contributed by atoms with Crippen molar-refractivity contribution in [2.75, 3.05) is 27.8 Å². The Hall–Kier alpha value is -0.620. The lowest BCUT2D eigenvalue weighted by molar-refractivity contribution is 0.100. The summed E-state index contributed by atoms with van der Waals surface area (Å²) in [6.45, 7) is 5.56. The van der Waals surface area contributed by atoms with Crippen LogP contribution in [0, 0.1) is 0 Å². The third-order valence-corrected chi connectivity index (χ3v) is 4.62. The normalized spacial score (nSPS) is 14.0. The van der Waals surface area contributed by atoms with E-state index < -0.39 is 0 Å². The fourth-order valence-electron chi connectivity index (χ4n) is 2.89. The van der Waals surface area contributed by atoms with Crippen LogP contribution in [0.3, 0.4) is 0 Å². The second-order valence-corrected chi connectivity index (χ2v) is 5.68. The van der Waals surface area contributed by atoms with E-state index in [0.717, 1.165) is 18.5 Å². The first kappa shape index (κ1) is 17.4. The highest BCUT2D eigenvalue weighted by Gasteiger charge is 2.39.